The molecule has 8 nitrogen and oxygen atoms in total. The zero-order chi connectivity index (χ0) is 79.3. The molecule has 0 saturated carbocycles. The fraction of sp³-hybridized carbons (Fsp3) is 0.585. The summed E-state index contributed by atoms with van der Waals surface area (Å²) in [5, 5.41) is 0. The van der Waals surface area contributed by atoms with E-state index in [1.807, 2.05) is 47.6 Å². The Morgan fingerprint density at radius 3 is 0.874 bits per heavy atom. The van der Waals surface area contributed by atoms with Gasteiger partial charge in [-0.25, -0.2) is 14.4 Å². The first-order valence-corrected chi connectivity index (χ1v) is 30.6. The van der Waals surface area contributed by atoms with Crippen molar-refractivity contribution < 1.29 is 170 Å². The quantitative estimate of drug-likeness (QED) is 0.0192. The molecule has 4 aromatic carbocycles. The van der Waals surface area contributed by atoms with Crippen LogP contribution in [0.4, 0.5) is 132 Å². The molecule has 0 unspecified atom stereocenters. The van der Waals surface area contributed by atoms with E-state index in [1.165, 1.54) is 48.5 Å². The van der Waals surface area contributed by atoms with E-state index in [9.17, 15) is 146 Å². The van der Waals surface area contributed by atoms with Crippen LogP contribution in [0.3, 0.4) is 0 Å². The predicted octanol–water partition coefficient (Wildman–Crippen LogP) is 22.9. The van der Waals surface area contributed by atoms with Crippen molar-refractivity contribution in [2.24, 2.45) is 0 Å². The number of esters is 3. The van der Waals surface area contributed by atoms with E-state index in [0.29, 0.717) is 0 Å². The highest BCUT2D eigenvalue weighted by Crippen LogP contribution is 2.65. The lowest BCUT2D eigenvalue weighted by Crippen LogP contribution is -2.72. The maximum atomic E-state index is 14.2. The molecule has 0 saturated heterocycles. The van der Waals surface area contributed by atoms with Crippen LogP contribution in [0.2, 0.25) is 0 Å². The van der Waals surface area contributed by atoms with E-state index in [-0.39, 0.29) is 104 Å². The van der Waals surface area contributed by atoms with Crippen molar-refractivity contribution in [1.82, 2.24) is 0 Å². The van der Waals surface area contributed by atoms with E-state index in [2.05, 4.69) is 0 Å². The van der Waals surface area contributed by atoms with Gasteiger partial charge in [-0.1, -0.05) is 99.0 Å². The van der Waals surface area contributed by atoms with Gasteiger partial charge in [0.25, 0.3) is 0 Å². The number of halogens is 30. The molecule has 0 fully saturated rings. The number of ether oxygens (including phenoxy) is 5. The summed E-state index contributed by atoms with van der Waals surface area (Å²) < 4.78 is 433. The Balaban J connectivity index is 1.34. The Kier molecular flexibility index (Phi) is 26.9. The van der Waals surface area contributed by atoms with Crippen LogP contribution in [0.15, 0.2) is 84.9 Å². The van der Waals surface area contributed by atoms with Crippen molar-refractivity contribution in [1.29, 1.82) is 0 Å². The summed E-state index contributed by atoms with van der Waals surface area (Å²) in [6.45, 7) is 11.2. The maximum absolute atomic E-state index is 14.2. The normalized spacial score (nSPS) is 14.2. The molecule has 0 radical (unpaired) electrons. The summed E-state index contributed by atoms with van der Waals surface area (Å²) in [5.41, 5.74) is 0.347. The van der Waals surface area contributed by atoms with Gasteiger partial charge >= 0.3 is 101 Å². The minimum absolute atomic E-state index is 0.0601. The molecule has 0 spiro atoms. The molecule has 0 atom stereocenters. The average molecular weight is 1540 g/mol. The number of carbonyl (C=O) groups is 3. The minimum Gasteiger partial charge on any atom is -0.494 e. The highest BCUT2D eigenvalue weighted by Gasteiger charge is 2.95. The molecule has 0 aliphatic carbocycles. The number of alkyl halides is 30. The van der Waals surface area contributed by atoms with Crippen molar-refractivity contribution in [2.45, 2.75) is 226 Å². The van der Waals surface area contributed by atoms with Gasteiger partial charge in [0, 0.05) is 18.9 Å². The molecule has 0 N–H and O–H groups in total. The summed E-state index contributed by atoms with van der Waals surface area (Å²) in [6, 6.07) is 18.6. The van der Waals surface area contributed by atoms with Crippen molar-refractivity contribution in [3.05, 3.63) is 113 Å². The van der Waals surface area contributed by atoms with Crippen LogP contribution in [-0.4, -0.2) is 115 Å². The molecule has 0 aliphatic rings. The van der Waals surface area contributed by atoms with Gasteiger partial charge in [-0.3, -0.25) is 0 Å². The number of hydrogen-bond donors (Lipinski definition) is 0. The molecule has 0 aliphatic heterocycles. The lowest BCUT2D eigenvalue weighted by Gasteiger charge is -2.41. The van der Waals surface area contributed by atoms with Crippen LogP contribution in [0.1, 0.15) is 174 Å². The van der Waals surface area contributed by atoms with Gasteiger partial charge in [0.1, 0.15) is 17.2 Å². The summed E-state index contributed by atoms with van der Waals surface area (Å²) in [4.78, 5) is 41.0. The molecule has 0 heterocycles. The molecule has 582 valence electrons. The largest absolute Gasteiger partial charge is 0.494 e. The summed E-state index contributed by atoms with van der Waals surface area (Å²) in [7, 11) is 0. The molecular formula is C65H64F30O8. The molecule has 4 aromatic rings. The molecule has 103 heavy (non-hydrogen) atoms. The van der Waals surface area contributed by atoms with Crippen molar-refractivity contribution in [3.63, 3.8) is 0 Å². The lowest BCUT2D eigenvalue weighted by atomic mass is 9.79. The monoisotopic (exact) mass is 1540 g/mol. The Hall–Kier alpha value is -7.21. The van der Waals surface area contributed by atoms with Crippen LogP contribution in [0.25, 0.3) is 0 Å². The minimum atomic E-state index is -8.36. The molecular weight excluding hydrogens is 1480 g/mol. The second-order valence-electron chi connectivity index (χ2n) is 25.7. The number of carbonyl (C=O) groups excluding carboxylic acids is 3. The SMILES string of the molecule is CC(C)(C)c1cc(C(=O)Oc2cc(OC(=O)c3ccc(OCCCCCCCCC(F)(F)C(F)(F)C(F)(F)C(F)(F)C(F)(F)C(F)(F)C(F)(F)F)cc3)ccc2OC(=O)c2ccc(OCCCCCCCCC(F)(F)C(F)(F)C(F)(F)C(F)(F)C(F)(F)C(F)(F)C(F)(F)F)cc2)cc(C(C)(C)C)c1. The van der Waals surface area contributed by atoms with Crippen LogP contribution in [0.5, 0.6) is 28.7 Å². The van der Waals surface area contributed by atoms with E-state index in [1.54, 1.807) is 12.1 Å². The number of unbranched alkanes of at least 4 members (excludes halogenated alkanes) is 10. The van der Waals surface area contributed by atoms with Gasteiger partial charge in [-0.2, -0.15) is 132 Å². The standard InChI is InChI=1S/C65H64F30O8/c1-50(2,3)40-33-39(34-41(35-40)51(4,5)6)49(98)103-46-36-44(101-47(96)37-19-23-42(24-20-37)99-31-17-13-9-7-11-15-29-52(66,67)54(70,71)56(74,75)58(78,79)60(82,83)62(86,87)64(90,91)92)27-28-45(46)102-48(97)38-21-25-43(26-22-38)100-32-18-14-10-8-12-16-30-53(68,69)55(72,73)57(76,77)59(80,81)61(84,85)63(88,89)65(93,94)95/h19-28,33-36H,7-18,29-32H2,1-6H3. The van der Waals surface area contributed by atoms with Gasteiger partial charge in [-0.05, 0) is 120 Å². The molecule has 0 aromatic heterocycles. The Bertz CT molecular complexity index is 3470. The van der Waals surface area contributed by atoms with Crippen molar-refractivity contribution in [2.75, 3.05) is 13.2 Å². The maximum Gasteiger partial charge on any atom is 0.460 e. The second kappa shape index (κ2) is 31.5. The fourth-order valence-corrected chi connectivity index (χ4v) is 9.19. The molecule has 4 rings (SSSR count). The van der Waals surface area contributed by atoms with Crippen LogP contribution >= 0.6 is 0 Å². The Morgan fingerprint density at radius 2 is 0.544 bits per heavy atom. The molecule has 0 bridgehead atoms. The smallest absolute Gasteiger partial charge is 0.460 e. The van der Waals surface area contributed by atoms with Crippen LogP contribution in [0, 0.1) is 0 Å². The lowest BCUT2D eigenvalue weighted by molar-refractivity contribution is -0.452. The highest BCUT2D eigenvalue weighted by molar-refractivity contribution is 5.94. The third kappa shape index (κ3) is 18.9. The topological polar surface area (TPSA) is 97.4 Å². The van der Waals surface area contributed by atoms with Gasteiger partial charge in [0.15, 0.2) is 11.5 Å². The fourth-order valence-electron chi connectivity index (χ4n) is 9.19. The molecule has 0 amide bonds. The van der Waals surface area contributed by atoms with Gasteiger partial charge in [0.2, 0.25) is 0 Å². The first-order chi connectivity index (χ1) is 46.5. The number of rotatable bonds is 36. The van der Waals surface area contributed by atoms with Gasteiger partial charge in [0.05, 0.1) is 29.9 Å². The first kappa shape index (κ1) is 88.2. The summed E-state index contributed by atoms with van der Waals surface area (Å²) in [5.74, 6) is -97.4. The Labute approximate surface area is 567 Å². The van der Waals surface area contributed by atoms with E-state index < -0.39 is 156 Å². The predicted molar refractivity (Wildman–Crippen MR) is 305 cm³/mol. The third-order valence-electron chi connectivity index (χ3n) is 15.7. The zero-order valence-corrected chi connectivity index (χ0v) is 54.5. The highest BCUT2D eigenvalue weighted by atomic mass is 19.4. The Morgan fingerprint density at radius 1 is 0.272 bits per heavy atom. The molecule has 38 heteroatoms. The van der Waals surface area contributed by atoms with Gasteiger partial charge < -0.3 is 23.7 Å². The second-order valence-corrected chi connectivity index (χ2v) is 25.7. The third-order valence-corrected chi connectivity index (χ3v) is 15.7. The number of benzene rings is 4. The average Bonchev–Trinajstić information content (AvgIpc) is 0.708. The summed E-state index contributed by atoms with van der Waals surface area (Å²) >= 11 is 0. The van der Waals surface area contributed by atoms with Crippen LogP contribution < -0.4 is 23.7 Å². The number of hydrogen-bond acceptors (Lipinski definition) is 8. The first-order valence-electron chi connectivity index (χ1n) is 30.6. The zero-order valence-electron chi connectivity index (χ0n) is 54.5. The van der Waals surface area contributed by atoms with Crippen molar-refractivity contribution >= 4 is 17.9 Å². The van der Waals surface area contributed by atoms with Gasteiger partial charge in [-0.15, -0.1) is 0 Å². The van der Waals surface area contributed by atoms with E-state index in [0.717, 1.165) is 29.3 Å². The van der Waals surface area contributed by atoms with E-state index in [4.69, 9.17) is 23.7 Å². The van der Waals surface area contributed by atoms with Crippen molar-refractivity contribution in [3.8, 4) is 28.7 Å². The summed E-state index contributed by atoms with van der Waals surface area (Å²) in [6.07, 6.45) is -22.8. The van der Waals surface area contributed by atoms with Crippen LogP contribution in [-0.2, 0) is 10.8 Å². The van der Waals surface area contributed by atoms with E-state index >= 15 is 0 Å².